The summed E-state index contributed by atoms with van der Waals surface area (Å²) in [4.78, 5) is 12.7. The highest BCUT2D eigenvalue weighted by Crippen LogP contribution is 2.32. The number of rotatable bonds is 9. The number of nitrogens with zero attached hydrogens (tertiary/aromatic N) is 2. The fourth-order valence-corrected chi connectivity index (χ4v) is 5.07. The predicted octanol–water partition coefficient (Wildman–Crippen LogP) is 4.10. The van der Waals surface area contributed by atoms with Crippen LogP contribution in [0.3, 0.4) is 0 Å². The van der Waals surface area contributed by atoms with E-state index in [1.54, 1.807) is 24.3 Å². The van der Waals surface area contributed by atoms with E-state index in [1.807, 2.05) is 0 Å². The maximum Gasteiger partial charge on any atom is 0.262 e. The van der Waals surface area contributed by atoms with E-state index in [2.05, 4.69) is 27.2 Å². The van der Waals surface area contributed by atoms with Crippen LogP contribution in [0.25, 0.3) is 0 Å². The van der Waals surface area contributed by atoms with Crippen LogP contribution in [0.15, 0.2) is 47.4 Å². The van der Waals surface area contributed by atoms with Gasteiger partial charge in [0, 0.05) is 23.7 Å². The second kappa shape index (κ2) is 10.2. The lowest BCUT2D eigenvalue weighted by Crippen LogP contribution is -2.17. The van der Waals surface area contributed by atoms with Crippen LogP contribution in [0.2, 0.25) is 0 Å². The standard InChI is InChI=1S/C22H24N4O5S2/c1-2-3-4-8-20-24-25-22(32-20)23-21(27)15-6-5-7-16(13-15)26-33(28,29)17-9-10-18-19(14-17)31-12-11-30-18/h5-7,9-10,13-14,26H,2-4,8,11-12H2,1H3,(H,23,25,27). The van der Waals surface area contributed by atoms with Crippen molar-refractivity contribution >= 4 is 38.1 Å². The number of ether oxygens (including phenoxy) is 2. The van der Waals surface area contributed by atoms with Crippen molar-refractivity contribution in [2.75, 3.05) is 23.3 Å². The smallest absolute Gasteiger partial charge is 0.262 e. The van der Waals surface area contributed by atoms with Crippen molar-refractivity contribution in [3.05, 3.63) is 53.0 Å². The molecule has 1 aliphatic heterocycles. The molecule has 0 fully saturated rings. The zero-order chi connectivity index (χ0) is 23.3. The van der Waals surface area contributed by atoms with E-state index in [1.165, 1.54) is 29.5 Å². The highest BCUT2D eigenvalue weighted by atomic mass is 32.2. The number of amides is 1. The van der Waals surface area contributed by atoms with Gasteiger partial charge in [-0.2, -0.15) is 0 Å². The molecule has 33 heavy (non-hydrogen) atoms. The highest BCUT2D eigenvalue weighted by molar-refractivity contribution is 7.92. The van der Waals surface area contributed by atoms with Crippen LogP contribution in [-0.4, -0.2) is 37.7 Å². The minimum Gasteiger partial charge on any atom is -0.486 e. The molecule has 0 aliphatic carbocycles. The normalized spacial score (nSPS) is 12.9. The summed E-state index contributed by atoms with van der Waals surface area (Å²) in [6.07, 6.45) is 4.11. The molecule has 174 valence electrons. The van der Waals surface area contributed by atoms with E-state index in [9.17, 15) is 13.2 Å². The molecule has 2 aromatic carbocycles. The van der Waals surface area contributed by atoms with Gasteiger partial charge in [0.2, 0.25) is 5.13 Å². The number of hydrogen-bond donors (Lipinski definition) is 2. The summed E-state index contributed by atoms with van der Waals surface area (Å²) in [6.45, 7) is 2.91. The topological polar surface area (TPSA) is 120 Å². The maximum absolute atomic E-state index is 12.8. The van der Waals surface area contributed by atoms with Crippen molar-refractivity contribution in [3.63, 3.8) is 0 Å². The Labute approximate surface area is 196 Å². The van der Waals surface area contributed by atoms with E-state index in [0.717, 1.165) is 30.7 Å². The molecule has 3 aromatic rings. The monoisotopic (exact) mass is 488 g/mol. The number of anilines is 2. The summed E-state index contributed by atoms with van der Waals surface area (Å²) in [7, 11) is -3.89. The van der Waals surface area contributed by atoms with Crippen molar-refractivity contribution in [2.45, 2.75) is 37.5 Å². The molecule has 0 bridgehead atoms. The molecular weight excluding hydrogens is 464 g/mol. The Morgan fingerprint density at radius 3 is 2.70 bits per heavy atom. The van der Waals surface area contributed by atoms with Gasteiger partial charge in [-0.3, -0.25) is 14.8 Å². The Bertz CT molecular complexity index is 1240. The van der Waals surface area contributed by atoms with E-state index in [4.69, 9.17) is 9.47 Å². The molecule has 2 N–H and O–H groups in total. The van der Waals surface area contributed by atoms with Crippen molar-refractivity contribution in [1.82, 2.24) is 10.2 Å². The first-order chi connectivity index (χ1) is 15.9. The van der Waals surface area contributed by atoms with Crippen molar-refractivity contribution in [2.24, 2.45) is 0 Å². The Balaban J connectivity index is 1.43. The largest absolute Gasteiger partial charge is 0.486 e. The van der Waals surface area contributed by atoms with E-state index in [-0.39, 0.29) is 10.6 Å². The summed E-state index contributed by atoms with van der Waals surface area (Å²) < 4.78 is 39.1. The zero-order valence-electron chi connectivity index (χ0n) is 18.0. The average Bonchev–Trinajstić information content (AvgIpc) is 3.26. The number of hydrogen-bond acceptors (Lipinski definition) is 8. The van der Waals surface area contributed by atoms with E-state index >= 15 is 0 Å². The number of unbranched alkanes of at least 4 members (excludes halogenated alkanes) is 2. The van der Waals surface area contributed by atoms with E-state index < -0.39 is 15.9 Å². The molecule has 1 amide bonds. The molecule has 0 radical (unpaired) electrons. The third-order valence-electron chi connectivity index (χ3n) is 4.88. The summed E-state index contributed by atoms with van der Waals surface area (Å²) in [6, 6.07) is 10.7. The minimum absolute atomic E-state index is 0.0334. The molecule has 1 aliphatic rings. The molecule has 0 saturated heterocycles. The summed E-state index contributed by atoms with van der Waals surface area (Å²) in [5.41, 5.74) is 0.551. The molecule has 0 unspecified atom stereocenters. The molecule has 0 spiro atoms. The molecule has 11 heteroatoms. The lowest BCUT2D eigenvalue weighted by molar-refractivity contribution is 0.102. The fourth-order valence-electron chi connectivity index (χ4n) is 3.23. The fraction of sp³-hybridized carbons (Fsp3) is 0.318. The van der Waals surface area contributed by atoms with Crippen LogP contribution in [0.1, 0.15) is 41.6 Å². The Morgan fingerprint density at radius 1 is 1.06 bits per heavy atom. The van der Waals surface area contributed by atoms with Gasteiger partial charge in [-0.15, -0.1) is 10.2 Å². The number of aryl methyl sites for hydroxylation is 1. The number of aromatic nitrogens is 2. The molecular formula is C22H24N4O5S2. The van der Waals surface area contributed by atoms with Crippen LogP contribution in [-0.2, 0) is 16.4 Å². The van der Waals surface area contributed by atoms with Gasteiger partial charge in [-0.25, -0.2) is 8.42 Å². The molecule has 0 saturated carbocycles. The first-order valence-corrected chi connectivity index (χ1v) is 12.9. The van der Waals surface area contributed by atoms with Crippen molar-refractivity contribution in [1.29, 1.82) is 0 Å². The Kier molecular flexibility index (Phi) is 7.09. The SMILES string of the molecule is CCCCCc1nnc(NC(=O)c2cccc(NS(=O)(=O)c3ccc4c(c3)OCCO4)c2)s1. The third kappa shape index (κ3) is 5.79. The maximum atomic E-state index is 12.8. The third-order valence-corrected chi connectivity index (χ3v) is 7.16. The molecule has 4 rings (SSSR count). The number of nitrogens with one attached hydrogen (secondary N) is 2. The number of sulfonamides is 1. The number of fused-ring (bicyclic) bond motifs is 1. The zero-order valence-corrected chi connectivity index (χ0v) is 19.7. The van der Waals surface area contributed by atoms with Crippen molar-refractivity contribution < 1.29 is 22.7 Å². The number of carbonyl (C=O) groups is 1. The predicted molar refractivity (Wildman–Crippen MR) is 126 cm³/mol. The van der Waals surface area contributed by atoms with Gasteiger partial charge in [-0.05, 0) is 36.8 Å². The summed E-state index contributed by atoms with van der Waals surface area (Å²) in [5, 5.41) is 12.1. The molecule has 9 nitrogen and oxygen atoms in total. The van der Waals surface area contributed by atoms with Gasteiger partial charge in [0.25, 0.3) is 15.9 Å². The van der Waals surface area contributed by atoms with E-state index in [0.29, 0.717) is 35.4 Å². The van der Waals surface area contributed by atoms with Gasteiger partial charge in [0.15, 0.2) is 11.5 Å². The average molecular weight is 489 g/mol. The summed E-state index contributed by atoms with van der Waals surface area (Å²) in [5.74, 6) is 0.485. The van der Waals surface area contributed by atoms with Crippen LogP contribution in [0.4, 0.5) is 10.8 Å². The minimum atomic E-state index is -3.89. The highest BCUT2D eigenvalue weighted by Gasteiger charge is 2.20. The van der Waals surface area contributed by atoms with Crippen LogP contribution >= 0.6 is 11.3 Å². The Morgan fingerprint density at radius 2 is 1.88 bits per heavy atom. The molecule has 0 atom stereocenters. The lowest BCUT2D eigenvalue weighted by Gasteiger charge is -2.19. The van der Waals surface area contributed by atoms with Crippen molar-refractivity contribution in [3.8, 4) is 11.5 Å². The second-order valence-electron chi connectivity index (χ2n) is 7.40. The first-order valence-electron chi connectivity index (χ1n) is 10.6. The number of benzene rings is 2. The van der Waals surface area contributed by atoms with Crippen LogP contribution in [0.5, 0.6) is 11.5 Å². The quantitative estimate of drug-likeness (QED) is 0.435. The van der Waals surface area contributed by atoms with Crippen LogP contribution in [0, 0.1) is 0 Å². The van der Waals surface area contributed by atoms with Gasteiger partial charge < -0.3 is 9.47 Å². The van der Waals surface area contributed by atoms with Crippen LogP contribution < -0.4 is 19.5 Å². The molecule has 1 aromatic heterocycles. The first kappa shape index (κ1) is 23.0. The number of carbonyl (C=O) groups excluding carboxylic acids is 1. The van der Waals surface area contributed by atoms with Gasteiger partial charge in [0.05, 0.1) is 4.90 Å². The molecule has 2 heterocycles. The Hall–Kier alpha value is -3.18. The van der Waals surface area contributed by atoms with Gasteiger partial charge in [0.1, 0.15) is 18.2 Å². The lowest BCUT2D eigenvalue weighted by atomic mass is 10.2. The summed E-state index contributed by atoms with van der Waals surface area (Å²) >= 11 is 1.34. The van der Waals surface area contributed by atoms with Gasteiger partial charge in [-0.1, -0.05) is 37.2 Å². The van der Waals surface area contributed by atoms with Gasteiger partial charge >= 0.3 is 0 Å². The second-order valence-corrected chi connectivity index (χ2v) is 10.1.